The molecule has 5 heteroatoms. The van der Waals surface area contributed by atoms with Gasteiger partial charge in [-0.15, -0.1) is 0 Å². The summed E-state index contributed by atoms with van der Waals surface area (Å²) in [4.78, 5) is 0. The van der Waals surface area contributed by atoms with E-state index >= 15 is 0 Å². The van der Waals surface area contributed by atoms with E-state index in [0.717, 1.165) is 82.8 Å². The van der Waals surface area contributed by atoms with E-state index in [2.05, 4.69) is 159 Å². The minimum atomic E-state index is 0.565. The van der Waals surface area contributed by atoms with Crippen molar-refractivity contribution in [2.45, 2.75) is 0 Å². The predicted molar refractivity (Wildman–Crippen MR) is 224 cm³/mol. The highest BCUT2D eigenvalue weighted by Gasteiger charge is 2.21. The summed E-state index contributed by atoms with van der Waals surface area (Å²) in [6, 6.07) is 65.8. The maximum atomic E-state index is 10.8. The number of rotatable bonds is 4. The van der Waals surface area contributed by atoms with Crippen molar-refractivity contribution in [3.63, 3.8) is 0 Å². The van der Waals surface area contributed by atoms with Gasteiger partial charge in [0.1, 0.15) is 6.07 Å². The quantitative estimate of drug-likeness (QED) is 0.184. The molecule has 0 bridgehead atoms. The molecule has 0 spiro atoms. The van der Waals surface area contributed by atoms with Crippen molar-refractivity contribution in [1.82, 2.24) is 13.7 Å². The average Bonchev–Trinajstić information content (AvgIpc) is 3.89. The molecule has 0 saturated heterocycles. The maximum Gasteiger partial charge on any atom is 0.101 e. The van der Waals surface area contributed by atoms with E-state index in [1.54, 1.807) is 0 Å². The van der Waals surface area contributed by atoms with Crippen molar-refractivity contribution in [3.8, 4) is 40.3 Å². The van der Waals surface area contributed by atoms with Crippen LogP contribution in [0.1, 0.15) is 11.1 Å². The van der Waals surface area contributed by atoms with Crippen LogP contribution in [0.4, 0.5) is 0 Å². The molecule has 0 N–H and O–H groups in total. The molecule has 11 rings (SSSR count). The summed E-state index contributed by atoms with van der Waals surface area (Å²) < 4.78 is 6.81. The minimum Gasteiger partial charge on any atom is -0.309 e. The Kier molecular flexibility index (Phi) is 6.61. The Morgan fingerprint density at radius 3 is 1.44 bits per heavy atom. The van der Waals surface area contributed by atoms with Crippen LogP contribution in [-0.4, -0.2) is 13.7 Å². The van der Waals surface area contributed by atoms with Gasteiger partial charge in [-0.25, -0.2) is 0 Å². The Balaban J connectivity index is 1.14. The van der Waals surface area contributed by atoms with Crippen LogP contribution >= 0.6 is 0 Å². The molecule has 0 amide bonds. The summed E-state index contributed by atoms with van der Waals surface area (Å²) in [5.74, 6) is 0. The van der Waals surface area contributed by atoms with Crippen molar-refractivity contribution < 1.29 is 0 Å². The highest BCUT2D eigenvalue weighted by molar-refractivity contribution is 6.13. The van der Waals surface area contributed by atoms with Gasteiger partial charge in [0.15, 0.2) is 0 Å². The first-order valence-corrected chi connectivity index (χ1v) is 18.3. The first kappa shape index (κ1) is 30.7. The summed E-state index contributed by atoms with van der Waals surface area (Å²) >= 11 is 0. The Bertz CT molecular complexity index is 3420. The van der Waals surface area contributed by atoms with Crippen LogP contribution < -0.4 is 0 Å². The topological polar surface area (TPSA) is 62.4 Å². The number of benzene rings is 8. The van der Waals surface area contributed by atoms with Gasteiger partial charge in [-0.2, -0.15) is 10.5 Å². The molecule has 3 heterocycles. The first-order valence-electron chi connectivity index (χ1n) is 18.3. The zero-order valence-corrected chi connectivity index (χ0v) is 29.5. The van der Waals surface area contributed by atoms with Crippen molar-refractivity contribution in [1.29, 1.82) is 10.5 Å². The fraction of sp³-hybridized carbons (Fsp3) is 0. The van der Waals surface area contributed by atoms with E-state index in [-0.39, 0.29) is 0 Å². The van der Waals surface area contributed by atoms with Crippen molar-refractivity contribution in [2.75, 3.05) is 0 Å². The zero-order valence-electron chi connectivity index (χ0n) is 29.5. The summed E-state index contributed by atoms with van der Waals surface area (Å²) in [5.41, 5.74) is 12.1. The zero-order chi connectivity index (χ0) is 36.6. The van der Waals surface area contributed by atoms with Crippen LogP contribution in [0.3, 0.4) is 0 Å². The fourth-order valence-corrected chi connectivity index (χ4v) is 8.83. The van der Waals surface area contributed by atoms with Crippen molar-refractivity contribution in [3.05, 3.63) is 187 Å². The van der Waals surface area contributed by atoms with E-state index in [0.29, 0.717) is 11.1 Å². The Hall–Kier alpha value is -7.86. The molecule has 5 nitrogen and oxygen atoms in total. The van der Waals surface area contributed by atoms with Gasteiger partial charge < -0.3 is 13.7 Å². The van der Waals surface area contributed by atoms with Gasteiger partial charge in [0.25, 0.3) is 0 Å². The van der Waals surface area contributed by atoms with E-state index in [9.17, 15) is 10.5 Å². The van der Waals surface area contributed by atoms with Crippen molar-refractivity contribution in [2.24, 2.45) is 0 Å². The summed E-state index contributed by atoms with van der Waals surface area (Å²) in [7, 11) is 0. The standard InChI is InChI=1S/C50H29N5/c51-30-32-12-11-18-43-41-17-5-10-23-48(41)55(50(32)43)47-22-9-1-13-37(47)36-26-24-34(28-33(36)31-52)54-46-21-8-4-16-40(46)42-27-25-35(29-49(42)54)53-44-19-6-2-14-38(44)39-15-3-7-20-45(39)53/h1-29H. The van der Waals surface area contributed by atoms with Crippen LogP contribution in [0.5, 0.6) is 0 Å². The summed E-state index contributed by atoms with van der Waals surface area (Å²) in [6.45, 7) is 0. The van der Waals surface area contributed by atoms with Gasteiger partial charge in [-0.3, -0.25) is 0 Å². The third-order valence-corrected chi connectivity index (χ3v) is 11.1. The third-order valence-electron chi connectivity index (χ3n) is 11.1. The lowest BCUT2D eigenvalue weighted by Gasteiger charge is -2.17. The second kappa shape index (κ2) is 11.8. The summed E-state index contributed by atoms with van der Waals surface area (Å²) in [5, 5.41) is 27.9. The number of hydrogen-bond acceptors (Lipinski definition) is 2. The van der Waals surface area contributed by atoms with Crippen molar-refractivity contribution >= 4 is 65.4 Å². The molecular weight excluding hydrogens is 671 g/mol. The lowest BCUT2D eigenvalue weighted by Crippen LogP contribution is -2.01. The van der Waals surface area contributed by atoms with Gasteiger partial charge in [-0.1, -0.05) is 115 Å². The molecule has 55 heavy (non-hydrogen) atoms. The molecule has 8 aromatic carbocycles. The number of nitrogens with zero attached hydrogens (tertiary/aromatic N) is 5. The second-order valence-electron chi connectivity index (χ2n) is 13.9. The minimum absolute atomic E-state index is 0.565. The molecule has 0 atom stereocenters. The van der Waals surface area contributed by atoms with Gasteiger partial charge in [0.2, 0.25) is 0 Å². The lowest BCUT2D eigenvalue weighted by atomic mass is 9.97. The van der Waals surface area contributed by atoms with E-state index < -0.39 is 0 Å². The Morgan fingerprint density at radius 1 is 0.327 bits per heavy atom. The predicted octanol–water partition coefficient (Wildman–Crippen LogP) is 12.4. The molecule has 0 aliphatic rings. The van der Waals surface area contributed by atoms with E-state index in [1.165, 1.54) is 10.8 Å². The SMILES string of the molecule is N#Cc1cc(-n2c3ccccc3c3ccc(-n4c5ccccc5c5ccccc54)cc32)ccc1-c1ccccc1-n1c2ccccc2c2cccc(C#N)c21. The molecule has 11 aromatic rings. The second-order valence-corrected chi connectivity index (χ2v) is 13.9. The third kappa shape index (κ3) is 4.39. The number of fused-ring (bicyclic) bond motifs is 9. The molecule has 3 aromatic heterocycles. The Morgan fingerprint density at radius 2 is 0.800 bits per heavy atom. The molecule has 0 saturated carbocycles. The number of hydrogen-bond donors (Lipinski definition) is 0. The average molecular weight is 700 g/mol. The number of para-hydroxylation sites is 6. The van der Waals surface area contributed by atoms with Gasteiger partial charge in [0.05, 0.1) is 56.0 Å². The highest BCUT2D eigenvalue weighted by Crippen LogP contribution is 2.40. The molecule has 254 valence electrons. The molecule has 0 aliphatic carbocycles. The van der Waals surface area contributed by atoms with Crippen LogP contribution in [0.15, 0.2) is 176 Å². The molecular formula is C50H29N5. The molecule has 0 radical (unpaired) electrons. The normalized spacial score (nSPS) is 11.6. The van der Waals surface area contributed by atoms with E-state index in [4.69, 9.17) is 0 Å². The smallest absolute Gasteiger partial charge is 0.101 e. The van der Waals surface area contributed by atoms with Crippen LogP contribution in [0, 0.1) is 22.7 Å². The van der Waals surface area contributed by atoms with Crippen LogP contribution in [0.25, 0.3) is 93.6 Å². The van der Waals surface area contributed by atoms with Gasteiger partial charge in [-0.05, 0) is 60.7 Å². The highest BCUT2D eigenvalue weighted by atomic mass is 15.0. The number of nitriles is 2. The monoisotopic (exact) mass is 699 g/mol. The number of aromatic nitrogens is 3. The molecule has 0 unspecified atom stereocenters. The van der Waals surface area contributed by atoms with Gasteiger partial charge >= 0.3 is 0 Å². The summed E-state index contributed by atoms with van der Waals surface area (Å²) in [6.07, 6.45) is 0. The first-order chi connectivity index (χ1) is 27.2. The van der Waals surface area contributed by atoms with Gasteiger partial charge in [0, 0.05) is 54.8 Å². The van der Waals surface area contributed by atoms with E-state index in [1.807, 2.05) is 42.5 Å². The fourth-order valence-electron chi connectivity index (χ4n) is 8.83. The maximum absolute atomic E-state index is 10.8. The van der Waals surface area contributed by atoms with Crippen LogP contribution in [0.2, 0.25) is 0 Å². The van der Waals surface area contributed by atoms with Crippen LogP contribution in [-0.2, 0) is 0 Å². The Labute approximate surface area is 316 Å². The molecule has 0 fully saturated rings. The lowest BCUT2D eigenvalue weighted by molar-refractivity contribution is 1.15. The largest absolute Gasteiger partial charge is 0.309 e. The molecule has 0 aliphatic heterocycles.